The number of hydrogen-bond donors (Lipinski definition) is 2. The number of nitrogens with one attached hydrogen (secondary N) is 2. The smallest absolute Gasteiger partial charge is 0.653 e. The molecule has 4 aromatic rings. The molecule has 0 saturated carbocycles. The van der Waals surface area contributed by atoms with Crippen molar-refractivity contribution in [1.29, 1.82) is 0 Å². The van der Waals surface area contributed by atoms with Gasteiger partial charge in [-0.1, -0.05) is 12.1 Å². The van der Waals surface area contributed by atoms with Crippen LogP contribution in [0.25, 0.3) is 10.6 Å². The van der Waals surface area contributed by atoms with Gasteiger partial charge in [0, 0.05) is 80.6 Å². The van der Waals surface area contributed by atoms with Gasteiger partial charge in [-0.2, -0.15) is 17.6 Å². The van der Waals surface area contributed by atoms with Gasteiger partial charge in [-0.05, 0) is 12.1 Å². The maximum Gasteiger partial charge on any atom is 2.00 e. The summed E-state index contributed by atoms with van der Waals surface area (Å²) < 4.78 is 104. The number of ether oxygens (including phenoxy) is 6. The van der Waals surface area contributed by atoms with Crippen molar-refractivity contribution in [2.75, 3.05) is 39.1 Å². The van der Waals surface area contributed by atoms with Crippen LogP contribution in [-0.2, 0) is 33.1 Å². The quantitative estimate of drug-likeness (QED) is 0.107. The van der Waals surface area contributed by atoms with E-state index >= 15 is 0 Å². The Morgan fingerprint density at radius 2 is 1.06 bits per heavy atom. The van der Waals surface area contributed by atoms with Gasteiger partial charge < -0.3 is 49.7 Å². The van der Waals surface area contributed by atoms with E-state index in [1.165, 1.54) is 77.2 Å². The van der Waals surface area contributed by atoms with Crippen LogP contribution in [-0.4, -0.2) is 109 Å². The SMILES string of the molecule is COc1ccnc(CS(=O)C2[N-]c3ccc(OC(F)F)cc3N2)c1OC.COc1ccnc(CS(=O)[C@@H]2[N-]c3ccc(OC(F)F)cc3N2)c1OC.[Ca+2]. The van der Waals surface area contributed by atoms with E-state index in [1.54, 1.807) is 12.1 Å². The van der Waals surface area contributed by atoms with Crippen molar-refractivity contribution in [2.24, 2.45) is 0 Å². The summed E-state index contributed by atoms with van der Waals surface area (Å²) >= 11 is 0. The number of aromatic nitrogens is 2. The van der Waals surface area contributed by atoms with Gasteiger partial charge in [0.1, 0.15) is 11.5 Å². The van der Waals surface area contributed by atoms with Crippen molar-refractivity contribution in [3.8, 4) is 34.5 Å². The summed E-state index contributed by atoms with van der Waals surface area (Å²) in [7, 11) is 3.00. The number of alkyl halides is 4. The number of nitrogens with zero attached hydrogens (tertiary/aromatic N) is 4. The van der Waals surface area contributed by atoms with E-state index in [-0.39, 0.29) is 60.7 Å². The van der Waals surface area contributed by atoms with Crippen LogP contribution in [0.4, 0.5) is 40.3 Å². The molecule has 2 aliphatic heterocycles. The van der Waals surface area contributed by atoms with Crippen LogP contribution >= 0.6 is 0 Å². The predicted octanol–water partition coefficient (Wildman–Crippen LogP) is 6.35. The fourth-order valence-electron chi connectivity index (χ4n) is 5.01. The molecule has 280 valence electrons. The average molecular weight is 809 g/mol. The van der Waals surface area contributed by atoms with Crippen molar-refractivity contribution < 1.29 is 54.4 Å². The van der Waals surface area contributed by atoms with Crippen LogP contribution in [0, 0.1) is 0 Å². The predicted molar refractivity (Wildman–Crippen MR) is 191 cm³/mol. The van der Waals surface area contributed by atoms with Gasteiger partial charge in [-0.15, -0.1) is 11.4 Å². The Balaban J connectivity index is 0.000000232. The third kappa shape index (κ3) is 10.6. The molecule has 0 amide bonds. The van der Waals surface area contributed by atoms with E-state index in [0.29, 0.717) is 57.1 Å². The van der Waals surface area contributed by atoms with Gasteiger partial charge >= 0.3 is 51.0 Å². The number of methoxy groups -OCH3 is 4. The first-order valence-corrected chi connectivity index (χ1v) is 17.8. The number of anilines is 2. The first-order chi connectivity index (χ1) is 25.0. The summed E-state index contributed by atoms with van der Waals surface area (Å²) in [6.45, 7) is -5.83. The monoisotopic (exact) mass is 808 g/mol. The Labute approximate surface area is 336 Å². The second-order valence-electron chi connectivity index (χ2n) is 10.4. The minimum atomic E-state index is -2.91. The fourth-order valence-corrected chi connectivity index (χ4v) is 7.25. The molecule has 4 atom stereocenters. The Morgan fingerprint density at radius 3 is 1.40 bits per heavy atom. The van der Waals surface area contributed by atoms with E-state index in [2.05, 4.69) is 40.7 Å². The van der Waals surface area contributed by atoms with Crippen LogP contribution in [0.5, 0.6) is 34.5 Å². The number of benzene rings is 2. The molecule has 0 aliphatic carbocycles. The van der Waals surface area contributed by atoms with Crippen molar-refractivity contribution in [3.63, 3.8) is 0 Å². The number of pyridine rings is 2. The maximum absolute atomic E-state index is 12.7. The van der Waals surface area contributed by atoms with E-state index < -0.39 is 45.8 Å². The Bertz CT molecular complexity index is 1790. The molecule has 3 unspecified atom stereocenters. The molecule has 21 heteroatoms. The molecule has 0 saturated heterocycles. The first-order valence-electron chi connectivity index (χ1n) is 15.0. The van der Waals surface area contributed by atoms with Crippen molar-refractivity contribution in [1.82, 2.24) is 9.97 Å². The van der Waals surface area contributed by atoms with Crippen molar-refractivity contribution in [2.45, 2.75) is 35.7 Å². The molecule has 53 heavy (non-hydrogen) atoms. The molecule has 0 fully saturated rings. The zero-order valence-corrected chi connectivity index (χ0v) is 32.4. The Hall–Kier alpha value is -3.98. The summed E-state index contributed by atoms with van der Waals surface area (Å²) in [5.41, 5.74) is 1.49. The molecule has 2 aliphatic rings. The molecule has 0 radical (unpaired) electrons. The van der Waals surface area contributed by atoms with Crippen LogP contribution < -0.4 is 39.1 Å². The third-order valence-electron chi connectivity index (χ3n) is 7.25. The topological polar surface area (TPSA) is 168 Å². The molecule has 0 bridgehead atoms. The zero-order chi connectivity index (χ0) is 37.4. The van der Waals surface area contributed by atoms with Crippen LogP contribution in [0.2, 0.25) is 0 Å². The van der Waals surface area contributed by atoms with E-state index in [4.69, 9.17) is 18.9 Å². The molecule has 2 aromatic carbocycles. The zero-order valence-electron chi connectivity index (χ0n) is 28.6. The van der Waals surface area contributed by atoms with Crippen molar-refractivity contribution >= 4 is 82.1 Å². The normalized spacial score (nSPS) is 16.1. The van der Waals surface area contributed by atoms with E-state index in [0.717, 1.165) is 0 Å². The molecular weight excluding hydrogens is 777 g/mol. The Kier molecular flexibility index (Phi) is 15.3. The van der Waals surface area contributed by atoms with E-state index in [1.807, 2.05) is 0 Å². The van der Waals surface area contributed by atoms with Gasteiger partial charge in [0.2, 0.25) is 0 Å². The molecule has 4 heterocycles. The van der Waals surface area contributed by atoms with Crippen LogP contribution in [0.3, 0.4) is 0 Å². The van der Waals surface area contributed by atoms with Gasteiger partial charge in [0.15, 0.2) is 23.0 Å². The van der Waals surface area contributed by atoms with Crippen molar-refractivity contribution in [3.05, 3.63) is 82.9 Å². The summed E-state index contributed by atoms with van der Waals surface area (Å²) in [6, 6.07) is 11.9. The standard InChI is InChI=1S/2C16H16F2N3O4S.Ca/c2*1-23-13-5-6-19-12(14(13)24-2)8-26(22)16-20-10-4-3-9(25-15(17)18)7-11(10)21-16;/h2*3-7,15-16,21H,8H2,1-2H3;/q2*-1;+2/t16-,26?;;/m1../s1. The first kappa shape index (κ1) is 41.8. The molecular formula is C32H32CaF4N6O8S2. The summed E-state index contributed by atoms with van der Waals surface area (Å²) in [5.74, 6) is 1.96. The Morgan fingerprint density at radius 1 is 0.660 bits per heavy atom. The number of fused-ring (bicyclic) bond motifs is 2. The summed E-state index contributed by atoms with van der Waals surface area (Å²) in [5, 5.41) is 14.5. The average Bonchev–Trinajstić information content (AvgIpc) is 3.75. The van der Waals surface area contributed by atoms with Gasteiger partial charge in [0.05, 0.1) is 51.3 Å². The largest absolute Gasteiger partial charge is 2.00 e. The van der Waals surface area contributed by atoms with Gasteiger partial charge in [-0.3, -0.25) is 18.4 Å². The molecule has 14 nitrogen and oxygen atoms in total. The molecule has 2 N–H and O–H groups in total. The minimum absolute atomic E-state index is 0. The fraction of sp³-hybridized carbons (Fsp3) is 0.312. The third-order valence-corrected chi connectivity index (χ3v) is 9.80. The van der Waals surface area contributed by atoms with E-state index in [9.17, 15) is 26.0 Å². The minimum Gasteiger partial charge on any atom is -0.653 e. The van der Waals surface area contributed by atoms with Crippen LogP contribution in [0.1, 0.15) is 11.4 Å². The second kappa shape index (κ2) is 19.4. The second-order valence-corrected chi connectivity index (χ2v) is 13.4. The van der Waals surface area contributed by atoms with Gasteiger partial charge in [-0.25, -0.2) is 0 Å². The molecule has 2 aromatic heterocycles. The van der Waals surface area contributed by atoms with Gasteiger partial charge in [0.25, 0.3) is 0 Å². The number of rotatable bonds is 14. The van der Waals surface area contributed by atoms with Crippen LogP contribution in [0.15, 0.2) is 60.9 Å². The molecule has 0 spiro atoms. The summed E-state index contributed by atoms with van der Waals surface area (Å²) in [6.07, 6.45) is 3.08. The molecule has 6 rings (SSSR count). The number of halogens is 4. The summed E-state index contributed by atoms with van der Waals surface area (Å²) in [4.78, 5) is 8.39. The maximum atomic E-state index is 12.7. The number of hydrogen-bond acceptors (Lipinski definition) is 12.